The summed E-state index contributed by atoms with van der Waals surface area (Å²) in [4.78, 5) is 17.1. The van der Waals surface area contributed by atoms with Gasteiger partial charge >= 0.3 is 5.63 Å². The molecule has 0 saturated carbocycles. The first-order valence-electron chi connectivity index (χ1n) is 11.0. The second kappa shape index (κ2) is 9.98. The minimum absolute atomic E-state index is 0.384. The molecule has 3 aromatic rings. The molecule has 0 aliphatic carbocycles. The van der Waals surface area contributed by atoms with Gasteiger partial charge in [-0.15, -0.1) is 0 Å². The number of rotatable bonds is 8. The van der Waals surface area contributed by atoms with Crippen molar-refractivity contribution in [2.75, 3.05) is 53.0 Å². The SMILES string of the molecule is CCN1CCN(CCCOc2cc3c(-c4ccccc4)cc(=O)oc3cc2OC)CC1. The third kappa shape index (κ3) is 5.09. The van der Waals surface area contributed by atoms with E-state index in [0.717, 1.165) is 62.2 Å². The molecule has 6 nitrogen and oxygen atoms in total. The second-order valence-electron chi connectivity index (χ2n) is 7.82. The molecule has 1 aliphatic heterocycles. The van der Waals surface area contributed by atoms with E-state index in [0.29, 0.717) is 23.7 Å². The number of likely N-dealkylation sites (N-methyl/N-ethyl adjacent to an activating group) is 1. The Bertz CT molecular complexity index is 1060. The van der Waals surface area contributed by atoms with Gasteiger partial charge in [0, 0.05) is 50.2 Å². The van der Waals surface area contributed by atoms with E-state index in [1.165, 1.54) is 6.07 Å². The molecule has 0 atom stereocenters. The number of benzene rings is 2. The molecule has 0 unspecified atom stereocenters. The van der Waals surface area contributed by atoms with E-state index in [9.17, 15) is 4.79 Å². The summed E-state index contributed by atoms with van der Waals surface area (Å²) >= 11 is 0. The molecule has 164 valence electrons. The van der Waals surface area contributed by atoms with Crippen molar-refractivity contribution in [3.05, 3.63) is 59.0 Å². The molecule has 1 fully saturated rings. The van der Waals surface area contributed by atoms with E-state index in [1.54, 1.807) is 13.2 Å². The van der Waals surface area contributed by atoms with Crippen molar-refractivity contribution in [2.45, 2.75) is 13.3 Å². The second-order valence-corrected chi connectivity index (χ2v) is 7.82. The molecule has 0 bridgehead atoms. The smallest absolute Gasteiger partial charge is 0.336 e. The monoisotopic (exact) mass is 422 g/mol. The molecule has 2 heterocycles. The summed E-state index contributed by atoms with van der Waals surface area (Å²) < 4.78 is 17.1. The average Bonchev–Trinajstić information content (AvgIpc) is 2.82. The number of hydrogen-bond donors (Lipinski definition) is 0. The predicted molar refractivity (Wildman–Crippen MR) is 123 cm³/mol. The van der Waals surface area contributed by atoms with Gasteiger partial charge in [-0.3, -0.25) is 0 Å². The van der Waals surface area contributed by atoms with Gasteiger partial charge in [0.1, 0.15) is 5.58 Å². The molecule has 0 radical (unpaired) electrons. The summed E-state index contributed by atoms with van der Waals surface area (Å²) in [7, 11) is 1.60. The summed E-state index contributed by atoms with van der Waals surface area (Å²) in [6.07, 6.45) is 0.947. The van der Waals surface area contributed by atoms with E-state index in [4.69, 9.17) is 13.9 Å². The van der Waals surface area contributed by atoms with Crippen molar-refractivity contribution >= 4 is 11.0 Å². The van der Waals surface area contributed by atoms with Gasteiger partial charge in [0.05, 0.1) is 13.7 Å². The van der Waals surface area contributed by atoms with E-state index in [1.807, 2.05) is 36.4 Å². The number of hydrogen-bond acceptors (Lipinski definition) is 6. The van der Waals surface area contributed by atoms with Crippen LogP contribution in [0.15, 0.2) is 57.7 Å². The van der Waals surface area contributed by atoms with Gasteiger partial charge in [-0.05, 0) is 30.2 Å². The van der Waals surface area contributed by atoms with E-state index >= 15 is 0 Å². The fraction of sp³-hybridized carbons (Fsp3) is 0.400. The summed E-state index contributed by atoms with van der Waals surface area (Å²) in [5, 5.41) is 0.831. The Morgan fingerprint density at radius 1 is 0.968 bits per heavy atom. The van der Waals surface area contributed by atoms with Crippen LogP contribution in [0.3, 0.4) is 0 Å². The zero-order chi connectivity index (χ0) is 21.6. The molecule has 6 heteroatoms. The van der Waals surface area contributed by atoms with Gasteiger partial charge in [-0.25, -0.2) is 4.79 Å². The van der Waals surface area contributed by atoms with Crippen LogP contribution in [-0.4, -0.2) is 62.8 Å². The van der Waals surface area contributed by atoms with Gasteiger partial charge in [0.15, 0.2) is 11.5 Å². The maximum Gasteiger partial charge on any atom is 0.336 e. The first-order chi connectivity index (χ1) is 15.2. The number of methoxy groups -OCH3 is 1. The van der Waals surface area contributed by atoms with Gasteiger partial charge in [0.25, 0.3) is 0 Å². The first kappa shape index (κ1) is 21.4. The Balaban J connectivity index is 1.49. The molecule has 0 amide bonds. The number of ether oxygens (including phenoxy) is 2. The maximum atomic E-state index is 12.1. The van der Waals surface area contributed by atoms with Crippen LogP contribution in [0.4, 0.5) is 0 Å². The normalized spacial score (nSPS) is 15.3. The lowest BCUT2D eigenvalue weighted by Crippen LogP contribution is -2.46. The number of piperazine rings is 1. The van der Waals surface area contributed by atoms with Crippen LogP contribution in [0.2, 0.25) is 0 Å². The Labute approximate surface area is 183 Å². The van der Waals surface area contributed by atoms with E-state index < -0.39 is 0 Å². The predicted octanol–water partition coefficient (Wildman–Crippen LogP) is 3.88. The van der Waals surface area contributed by atoms with Gasteiger partial charge in [0.2, 0.25) is 0 Å². The lowest BCUT2D eigenvalue weighted by atomic mass is 10.0. The van der Waals surface area contributed by atoms with Crippen LogP contribution in [0.5, 0.6) is 11.5 Å². The quantitative estimate of drug-likeness (QED) is 0.406. The summed E-state index contributed by atoms with van der Waals surface area (Å²) in [6.45, 7) is 9.50. The largest absolute Gasteiger partial charge is 0.493 e. The Morgan fingerprint density at radius 3 is 2.42 bits per heavy atom. The van der Waals surface area contributed by atoms with Crippen molar-refractivity contribution < 1.29 is 13.9 Å². The molecule has 0 spiro atoms. The Morgan fingerprint density at radius 2 is 1.71 bits per heavy atom. The van der Waals surface area contributed by atoms with Crippen LogP contribution in [0, 0.1) is 0 Å². The Hall–Kier alpha value is -2.83. The van der Waals surface area contributed by atoms with Crippen LogP contribution in [0.1, 0.15) is 13.3 Å². The third-order valence-corrected chi connectivity index (χ3v) is 5.90. The van der Waals surface area contributed by atoms with Gasteiger partial charge in [-0.2, -0.15) is 0 Å². The van der Waals surface area contributed by atoms with Crippen LogP contribution < -0.4 is 15.1 Å². The average molecular weight is 423 g/mol. The van der Waals surface area contributed by atoms with E-state index in [-0.39, 0.29) is 5.63 Å². The summed E-state index contributed by atoms with van der Waals surface area (Å²) in [5.74, 6) is 1.23. The van der Waals surface area contributed by atoms with Gasteiger partial charge < -0.3 is 23.7 Å². The topological polar surface area (TPSA) is 55.2 Å². The minimum Gasteiger partial charge on any atom is -0.493 e. The van der Waals surface area contributed by atoms with Crippen molar-refractivity contribution in [1.29, 1.82) is 0 Å². The maximum absolute atomic E-state index is 12.1. The summed E-state index contributed by atoms with van der Waals surface area (Å²) in [5.41, 5.74) is 1.89. The lowest BCUT2D eigenvalue weighted by molar-refractivity contribution is 0.130. The summed E-state index contributed by atoms with van der Waals surface area (Å²) in [6, 6.07) is 15.0. The minimum atomic E-state index is -0.384. The highest BCUT2D eigenvalue weighted by molar-refractivity contribution is 5.95. The zero-order valence-corrected chi connectivity index (χ0v) is 18.3. The molecule has 4 rings (SSSR count). The van der Waals surface area contributed by atoms with Crippen LogP contribution in [0.25, 0.3) is 22.1 Å². The first-order valence-corrected chi connectivity index (χ1v) is 11.0. The molecule has 1 aromatic heterocycles. The molecule has 1 saturated heterocycles. The fourth-order valence-corrected chi connectivity index (χ4v) is 4.10. The number of nitrogens with zero attached hydrogens (tertiary/aromatic N) is 2. The third-order valence-electron chi connectivity index (χ3n) is 5.90. The van der Waals surface area contributed by atoms with Crippen molar-refractivity contribution in [3.63, 3.8) is 0 Å². The standard InChI is InChI=1S/C25H30N2O4/c1-3-26-11-13-27(14-12-26)10-7-15-30-24-16-21-20(19-8-5-4-6-9-19)17-25(28)31-22(21)18-23(24)29-2/h4-6,8-9,16-18H,3,7,10-15H2,1-2H3. The highest BCUT2D eigenvalue weighted by Crippen LogP contribution is 2.36. The van der Waals surface area contributed by atoms with Crippen LogP contribution in [-0.2, 0) is 0 Å². The lowest BCUT2D eigenvalue weighted by Gasteiger charge is -2.33. The highest BCUT2D eigenvalue weighted by Gasteiger charge is 2.16. The van der Waals surface area contributed by atoms with E-state index in [2.05, 4.69) is 16.7 Å². The molecular weight excluding hydrogens is 392 g/mol. The van der Waals surface area contributed by atoms with Crippen molar-refractivity contribution in [2.24, 2.45) is 0 Å². The molecular formula is C25H30N2O4. The van der Waals surface area contributed by atoms with Crippen molar-refractivity contribution in [1.82, 2.24) is 9.80 Å². The van der Waals surface area contributed by atoms with Gasteiger partial charge in [-0.1, -0.05) is 37.3 Å². The van der Waals surface area contributed by atoms with Crippen LogP contribution >= 0.6 is 0 Å². The number of fused-ring (bicyclic) bond motifs is 1. The Kier molecular flexibility index (Phi) is 6.89. The zero-order valence-electron chi connectivity index (χ0n) is 18.3. The molecule has 31 heavy (non-hydrogen) atoms. The highest BCUT2D eigenvalue weighted by atomic mass is 16.5. The molecule has 2 aromatic carbocycles. The molecule has 0 N–H and O–H groups in total. The van der Waals surface area contributed by atoms with Crippen molar-refractivity contribution in [3.8, 4) is 22.6 Å². The fourth-order valence-electron chi connectivity index (χ4n) is 4.10. The molecule has 1 aliphatic rings.